The zero-order chi connectivity index (χ0) is 37.1. The molecule has 1 aliphatic rings. The van der Waals surface area contributed by atoms with E-state index in [1.54, 1.807) is 67.6 Å². The molecule has 0 fully saturated rings. The van der Waals surface area contributed by atoms with E-state index >= 15 is 0 Å². The maximum atomic E-state index is 14.0. The predicted octanol–water partition coefficient (Wildman–Crippen LogP) is 3.24. The topological polar surface area (TPSA) is 196 Å². The number of hydrogen-bond acceptors (Lipinski definition) is 8. The van der Waals surface area contributed by atoms with Crippen LogP contribution in [0.5, 0.6) is 5.75 Å². The Bertz CT molecular complexity index is 1820. The Morgan fingerprint density at radius 3 is 1.94 bits per heavy atom. The van der Waals surface area contributed by atoms with Gasteiger partial charge < -0.3 is 30.1 Å². The van der Waals surface area contributed by atoms with E-state index < -0.39 is 61.6 Å². The molecule has 0 aliphatic carbocycles. The minimum absolute atomic E-state index is 0.0909. The highest BCUT2D eigenvalue weighted by Crippen LogP contribution is 2.38. The van der Waals surface area contributed by atoms with Crippen molar-refractivity contribution in [3.63, 3.8) is 0 Å². The van der Waals surface area contributed by atoms with Crippen molar-refractivity contribution in [2.24, 2.45) is 5.92 Å². The van der Waals surface area contributed by atoms with Crippen LogP contribution in [-0.4, -0.2) is 75.5 Å². The molecule has 0 bridgehead atoms. The Balaban J connectivity index is 1.53. The molecule has 0 radical (unpaired) electrons. The number of carbonyl (C=O) groups excluding carboxylic acids is 5. The van der Waals surface area contributed by atoms with Crippen LogP contribution in [0.1, 0.15) is 36.5 Å². The molecule has 4 atom stereocenters. The molecule has 0 spiro atoms. The number of benzene rings is 3. The van der Waals surface area contributed by atoms with Gasteiger partial charge in [0.2, 0.25) is 17.7 Å². The van der Waals surface area contributed by atoms with Gasteiger partial charge in [0.25, 0.3) is 0 Å². The van der Waals surface area contributed by atoms with E-state index in [0.29, 0.717) is 11.1 Å². The number of carboxylic acid groups (broad SMARTS) is 1. The summed E-state index contributed by atoms with van der Waals surface area (Å²) in [7, 11) is -3.80. The normalized spacial score (nSPS) is 15.8. The highest BCUT2D eigenvalue weighted by molar-refractivity contribution is 7.52. The summed E-state index contributed by atoms with van der Waals surface area (Å²) in [5.41, 5.74) is 2.30. The lowest BCUT2D eigenvalue weighted by Gasteiger charge is -2.25. The number of aliphatic carboxylic acids is 1. The fourth-order valence-corrected chi connectivity index (χ4v) is 6.04. The SMILES string of the molecule is CC1=CN(CC(=O)NC(Cc2ccccc2)C(=O)CC(Cc2ccccc2)C(=O)NC(Cc2ccc(OP(C)(=O)O)cc2)C(=O)O)C(=O)CC1=O. The summed E-state index contributed by atoms with van der Waals surface area (Å²) in [6.07, 6.45) is 0.667. The summed E-state index contributed by atoms with van der Waals surface area (Å²) in [6.45, 7) is 2.16. The standard InChI is InChI=1S/C37H40N3O10P/c1-24-22-40(35(44)21-32(24)41)23-34(43)38-30(18-26-11-7-4-8-12-26)33(42)20-28(17-25-9-5-3-6-10-25)36(45)39-31(37(46)47)19-27-13-15-29(16-14-27)50-51(2,48)49/h3-16,22,28,30-31H,17-21,23H2,1-2H3,(H,38,43)(H,39,45)(H,46,47)(H,48,49). The number of carboxylic acids is 1. The molecule has 4 N–H and O–H groups in total. The first kappa shape index (κ1) is 38.4. The van der Waals surface area contributed by atoms with Gasteiger partial charge in [-0.3, -0.25) is 24.0 Å². The van der Waals surface area contributed by atoms with Crippen molar-refractivity contribution < 1.29 is 47.9 Å². The third-order valence-electron chi connectivity index (χ3n) is 8.14. The molecule has 4 unspecified atom stereocenters. The molecular formula is C37H40N3O10P. The van der Waals surface area contributed by atoms with Crippen LogP contribution in [0.2, 0.25) is 0 Å². The zero-order valence-corrected chi connectivity index (χ0v) is 29.1. The van der Waals surface area contributed by atoms with Crippen molar-refractivity contribution in [1.82, 2.24) is 15.5 Å². The fourth-order valence-electron chi connectivity index (χ4n) is 5.53. The molecule has 268 valence electrons. The number of amides is 3. The Morgan fingerprint density at radius 2 is 1.37 bits per heavy atom. The van der Waals surface area contributed by atoms with Gasteiger partial charge in [-0.15, -0.1) is 0 Å². The summed E-state index contributed by atoms with van der Waals surface area (Å²) in [4.78, 5) is 88.1. The van der Waals surface area contributed by atoms with Crippen molar-refractivity contribution in [3.05, 3.63) is 113 Å². The van der Waals surface area contributed by atoms with Gasteiger partial charge in [-0.1, -0.05) is 72.8 Å². The number of rotatable bonds is 17. The second-order valence-electron chi connectivity index (χ2n) is 12.4. The van der Waals surface area contributed by atoms with E-state index in [0.717, 1.165) is 22.7 Å². The van der Waals surface area contributed by atoms with Crippen LogP contribution in [0, 0.1) is 5.92 Å². The van der Waals surface area contributed by atoms with E-state index in [1.165, 1.54) is 30.5 Å². The Labute approximate surface area is 295 Å². The molecule has 3 amide bonds. The number of nitrogens with one attached hydrogen (secondary N) is 2. The third-order valence-corrected chi connectivity index (χ3v) is 8.69. The van der Waals surface area contributed by atoms with Gasteiger partial charge in [-0.05, 0) is 48.6 Å². The highest BCUT2D eigenvalue weighted by atomic mass is 31.2. The molecule has 0 saturated heterocycles. The first-order valence-electron chi connectivity index (χ1n) is 16.2. The number of hydrogen-bond donors (Lipinski definition) is 4. The van der Waals surface area contributed by atoms with Crippen LogP contribution in [-0.2, 0) is 52.6 Å². The Morgan fingerprint density at radius 1 is 0.824 bits per heavy atom. The monoisotopic (exact) mass is 717 g/mol. The van der Waals surface area contributed by atoms with Gasteiger partial charge in [0.15, 0.2) is 11.6 Å². The van der Waals surface area contributed by atoms with Gasteiger partial charge in [-0.25, -0.2) is 9.36 Å². The molecule has 0 aromatic heterocycles. The van der Waals surface area contributed by atoms with Crippen molar-refractivity contribution in [1.29, 1.82) is 0 Å². The lowest BCUT2D eigenvalue weighted by atomic mass is 9.89. The summed E-state index contributed by atoms with van der Waals surface area (Å²) < 4.78 is 16.5. The van der Waals surface area contributed by atoms with Crippen LogP contribution >= 0.6 is 7.60 Å². The Hall–Kier alpha value is -5.39. The average Bonchev–Trinajstić information content (AvgIpc) is 3.07. The van der Waals surface area contributed by atoms with E-state index in [2.05, 4.69) is 10.6 Å². The van der Waals surface area contributed by atoms with Crippen LogP contribution in [0.3, 0.4) is 0 Å². The molecule has 3 aromatic carbocycles. The van der Waals surface area contributed by atoms with Crippen LogP contribution < -0.4 is 15.2 Å². The molecule has 14 heteroatoms. The molecule has 3 aromatic rings. The quantitative estimate of drug-likeness (QED) is 0.119. The van der Waals surface area contributed by atoms with Crippen LogP contribution in [0.4, 0.5) is 0 Å². The summed E-state index contributed by atoms with van der Waals surface area (Å²) in [5.74, 6) is -4.88. The summed E-state index contributed by atoms with van der Waals surface area (Å²) >= 11 is 0. The first-order chi connectivity index (χ1) is 24.2. The van der Waals surface area contributed by atoms with Crippen molar-refractivity contribution in [2.45, 2.75) is 51.1 Å². The molecule has 13 nitrogen and oxygen atoms in total. The number of carbonyl (C=O) groups is 6. The second kappa shape index (κ2) is 17.5. The maximum Gasteiger partial charge on any atom is 0.373 e. The lowest BCUT2D eigenvalue weighted by Crippen LogP contribution is -2.49. The summed E-state index contributed by atoms with van der Waals surface area (Å²) in [6, 6.07) is 21.2. The Kier molecular flexibility index (Phi) is 13.2. The lowest BCUT2D eigenvalue weighted by molar-refractivity contribution is -0.142. The summed E-state index contributed by atoms with van der Waals surface area (Å²) in [5, 5.41) is 15.3. The largest absolute Gasteiger partial charge is 0.480 e. The molecule has 4 rings (SSSR count). The third kappa shape index (κ3) is 12.2. The fraction of sp³-hybridized carbons (Fsp3) is 0.297. The average molecular weight is 718 g/mol. The van der Waals surface area contributed by atoms with Crippen LogP contribution in [0.25, 0.3) is 0 Å². The van der Waals surface area contributed by atoms with Gasteiger partial charge in [-0.2, -0.15) is 0 Å². The van der Waals surface area contributed by atoms with Gasteiger partial charge in [0.05, 0.1) is 12.5 Å². The first-order valence-corrected chi connectivity index (χ1v) is 18.2. The minimum atomic E-state index is -3.80. The molecule has 1 heterocycles. The second-order valence-corrected chi connectivity index (χ2v) is 14.2. The zero-order valence-electron chi connectivity index (χ0n) is 28.2. The number of nitrogens with zero attached hydrogens (tertiary/aromatic N) is 1. The predicted molar refractivity (Wildman–Crippen MR) is 187 cm³/mol. The van der Waals surface area contributed by atoms with Crippen LogP contribution in [0.15, 0.2) is 96.7 Å². The molecule has 0 saturated carbocycles. The highest BCUT2D eigenvalue weighted by Gasteiger charge is 2.32. The molecule has 51 heavy (non-hydrogen) atoms. The van der Waals surface area contributed by atoms with E-state index in [-0.39, 0.29) is 43.6 Å². The van der Waals surface area contributed by atoms with E-state index in [4.69, 9.17) is 4.52 Å². The van der Waals surface area contributed by atoms with Crippen molar-refractivity contribution >= 4 is 42.9 Å². The van der Waals surface area contributed by atoms with E-state index in [1.807, 2.05) is 0 Å². The van der Waals surface area contributed by atoms with Crippen molar-refractivity contribution in [3.8, 4) is 5.75 Å². The van der Waals surface area contributed by atoms with E-state index in [9.17, 15) is 43.3 Å². The smallest absolute Gasteiger partial charge is 0.373 e. The minimum Gasteiger partial charge on any atom is -0.480 e. The van der Waals surface area contributed by atoms with Crippen molar-refractivity contribution in [2.75, 3.05) is 13.2 Å². The number of ketones is 2. The maximum absolute atomic E-state index is 14.0. The van der Waals surface area contributed by atoms with Gasteiger partial charge in [0, 0.05) is 37.2 Å². The number of Topliss-reactive ketones (excluding diaryl/α,β-unsaturated/α-hetero) is 2. The molecule has 1 aliphatic heterocycles. The number of allylic oxidation sites excluding steroid dienone is 1. The molecular weight excluding hydrogens is 677 g/mol. The van der Waals surface area contributed by atoms with Gasteiger partial charge >= 0.3 is 13.6 Å². The van der Waals surface area contributed by atoms with Gasteiger partial charge in [0.1, 0.15) is 18.3 Å².